The summed E-state index contributed by atoms with van der Waals surface area (Å²) in [6.07, 6.45) is -4.79. The maximum Gasteiger partial charge on any atom is 0.419 e. The Labute approximate surface area is 123 Å². The van der Waals surface area contributed by atoms with Gasteiger partial charge in [0.05, 0.1) is 5.56 Å². The number of hydrogen-bond acceptors (Lipinski definition) is 1. The average molecular weight is 317 g/mol. The van der Waals surface area contributed by atoms with Gasteiger partial charge in [-0.05, 0) is 42.8 Å². The smallest absolute Gasteiger partial charge is 0.289 e. The van der Waals surface area contributed by atoms with Crippen molar-refractivity contribution in [1.29, 1.82) is 0 Å². The van der Waals surface area contributed by atoms with E-state index in [9.17, 15) is 22.4 Å². The third-order valence-corrected chi connectivity index (χ3v) is 3.20. The van der Waals surface area contributed by atoms with E-state index in [1.165, 1.54) is 12.1 Å². The first-order chi connectivity index (χ1) is 9.70. The molecular weight excluding hydrogens is 308 g/mol. The first-order valence-electron chi connectivity index (χ1n) is 5.88. The molecule has 21 heavy (non-hydrogen) atoms. The third-order valence-electron chi connectivity index (χ3n) is 2.97. The quantitative estimate of drug-likeness (QED) is 0.560. The van der Waals surface area contributed by atoms with Crippen LogP contribution in [0.5, 0.6) is 0 Å². The highest BCUT2D eigenvalue weighted by atomic mass is 35.5. The molecular formula is C15H9ClF4O. The molecule has 110 valence electrons. The van der Waals surface area contributed by atoms with Crippen molar-refractivity contribution < 1.29 is 22.4 Å². The van der Waals surface area contributed by atoms with Gasteiger partial charge in [-0.2, -0.15) is 13.2 Å². The fourth-order valence-electron chi connectivity index (χ4n) is 1.92. The summed E-state index contributed by atoms with van der Waals surface area (Å²) < 4.78 is 50.9. The normalized spacial score (nSPS) is 11.5. The molecule has 0 radical (unpaired) electrons. The molecule has 1 nitrogen and oxygen atoms in total. The predicted octanol–water partition coefficient (Wildman–Crippen LogP) is 5.04. The molecule has 0 saturated heterocycles. The van der Waals surface area contributed by atoms with E-state index in [1.54, 1.807) is 13.0 Å². The van der Waals surface area contributed by atoms with Crippen molar-refractivity contribution in [2.45, 2.75) is 13.1 Å². The minimum absolute atomic E-state index is 0.147. The third kappa shape index (κ3) is 3.24. The molecule has 0 N–H and O–H groups in total. The number of carbonyl (C=O) groups excluding carboxylic acids is 1. The second-order valence-corrected chi connectivity index (χ2v) is 4.92. The number of rotatable bonds is 2. The molecule has 6 heteroatoms. The van der Waals surface area contributed by atoms with Gasteiger partial charge in [0.1, 0.15) is 5.82 Å². The van der Waals surface area contributed by atoms with Gasteiger partial charge < -0.3 is 0 Å². The zero-order valence-electron chi connectivity index (χ0n) is 10.8. The van der Waals surface area contributed by atoms with Crippen molar-refractivity contribution in [3.8, 4) is 0 Å². The van der Waals surface area contributed by atoms with Crippen LogP contribution in [0.25, 0.3) is 0 Å². The van der Waals surface area contributed by atoms with Crippen LogP contribution in [-0.4, -0.2) is 5.78 Å². The van der Waals surface area contributed by atoms with Crippen molar-refractivity contribution in [2.75, 3.05) is 0 Å². The maximum absolute atomic E-state index is 13.5. The van der Waals surface area contributed by atoms with E-state index in [2.05, 4.69) is 0 Å². The van der Waals surface area contributed by atoms with E-state index in [1.807, 2.05) is 0 Å². The molecule has 0 aromatic heterocycles. The van der Waals surface area contributed by atoms with Crippen LogP contribution in [-0.2, 0) is 6.18 Å². The standard InChI is InChI=1S/C15H9ClF4O/c1-8-6-10(16)3-4-11(8)14(21)9-2-5-12(13(17)7-9)15(18,19)20/h2-7H,1H3. The molecule has 0 fully saturated rings. The SMILES string of the molecule is Cc1cc(Cl)ccc1C(=O)c1ccc(C(F)(F)F)c(F)c1. The lowest BCUT2D eigenvalue weighted by molar-refractivity contribution is -0.140. The number of aryl methyl sites for hydroxylation is 1. The highest BCUT2D eigenvalue weighted by Gasteiger charge is 2.34. The molecule has 0 bridgehead atoms. The molecule has 2 aromatic carbocycles. The molecule has 0 amide bonds. The van der Waals surface area contributed by atoms with Gasteiger partial charge in [-0.25, -0.2) is 4.39 Å². The largest absolute Gasteiger partial charge is 0.419 e. The Hall–Kier alpha value is -1.88. The van der Waals surface area contributed by atoms with Gasteiger partial charge in [-0.3, -0.25) is 4.79 Å². The Kier molecular flexibility index (Phi) is 4.05. The Morgan fingerprint density at radius 2 is 1.76 bits per heavy atom. The number of halogens is 5. The predicted molar refractivity (Wildman–Crippen MR) is 71.0 cm³/mol. The van der Waals surface area contributed by atoms with E-state index in [4.69, 9.17) is 11.6 Å². The van der Waals surface area contributed by atoms with Gasteiger partial charge in [-0.1, -0.05) is 17.7 Å². The fourth-order valence-corrected chi connectivity index (χ4v) is 2.15. The summed E-state index contributed by atoms with van der Waals surface area (Å²) in [5, 5.41) is 0.433. The van der Waals surface area contributed by atoms with Crippen molar-refractivity contribution in [2.24, 2.45) is 0 Å². The summed E-state index contributed by atoms with van der Waals surface area (Å²) in [4.78, 5) is 12.2. The molecule has 2 rings (SSSR count). The maximum atomic E-state index is 13.5. The van der Waals surface area contributed by atoms with E-state index in [-0.39, 0.29) is 11.1 Å². The fraction of sp³-hybridized carbons (Fsp3) is 0.133. The van der Waals surface area contributed by atoms with Crippen molar-refractivity contribution in [1.82, 2.24) is 0 Å². The van der Waals surface area contributed by atoms with Crippen LogP contribution in [0.3, 0.4) is 0 Å². The molecule has 0 spiro atoms. The highest BCUT2D eigenvalue weighted by Crippen LogP contribution is 2.32. The van der Waals surface area contributed by atoms with Gasteiger partial charge in [0.25, 0.3) is 0 Å². The van der Waals surface area contributed by atoms with Crippen LogP contribution in [0.2, 0.25) is 5.02 Å². The van der Waals surface area contributed by atoms with Crippen molar-refractivity contribution in [3.63, 3.8) is 0 Å². The molecule has 2 aromatic rings. The topological polar surface area (TPSA) is 17.1 Å². The van der Waals surface area contributed by atoms with Gasteiger partial charge in [0, 0.05) is 16.1 Å². The molecule has 0 aliphatic rings. The van der Waals surface area contributed by atoms with Crippen molar-refractivity contribution in [3.05, 3.63) is 69.5 Å². The number of carbonyl (C=O) groups is 1. The highest BCUT2D eigenvalue weighted by molar-refractivity contribution is 6.30. The second-order valence-electron chi connectivity index (χ2n) is 4.48. The number of alkyl halides is 3. The average Bonchev–Trinajstić information content (AvgIpc) is 2.36. The monoisotopic (exact) mass is 316 g/mol. The lowest BCUT2D eigenvalue weighted by Gasteiger charge is -2.10. The van der Waals surface area contributed by atoms with Gasteiger partial charge in [-0.15, -0.1) is 0 Å². The molecule has 0 heterocycles. The van der Waals surface area contributed by atoms with E-state index in [0.717, 1.165) is 6.07 Å². The summed E-state index contributed by atoms with van der Waals surface area (Å²) in [5.41, 5.74) is -0.718. The number of benzene rings is 2. The minimum Gasteiger partial charge on any atom is -0.289 e. The Bertz CT molecular complexity index is 707. The lowest BCUT2D eigenvalue weighted by atomic mass is 9.98. The van der Waals surface area contributed by atoms with Crippen LogP contribution in [0.1, 0.15) is 27.0 Å². The zero-order valence-corrected chi connectivity index (χ0v) is 11.5. The van der Waals surface area contributed by atoms with E-state index >= 15 is 0 Å². The van der Waals surface area contributed by atoms with Gasteiger partial charge in [0.15, 0.2) is 5.78 Å². The van der Waals surface area contributed by atoms with E-state index < -0.39 is 23.3 Å². The Morgan fingerprint density at radius 3 is 2.29 bits per heavy atom. The van der Waals surface area contributed by atoms with E-state index in [0.29, 0.717) is 22.7 Å². The molecule has 0 aliphatic carbocycles. The molecule has 0 unspecified atom stereocenters. The molecule has 0 saturated carbocycles. The first kappa shape index (κ1) is 15.5. The summed E-state index contributed by atoms with van der Waals surface area (Å²) >= 11 is 5.77. The summed E-state index contributed by atoms with van der Waals surface area (Å²) in [6, 6.07) is 6.61. The van der Waals surface area contributed by atoms with Crippen LogP contribution in [0, 0.1) is 12.7 Å². The Morgan fingerprint density at radius 1 is 1.10 bits per heavy atom. The van der Waals surface area contributed by atoms with Crippen LogP contribution in [0.4, 0.5) is 17.6 Å². The van der Waals surface area contributed by atoms with Gasteiger partial charge in [0.2, 0.25) is 0 Å². The van der Waals surface area contributed by atoms with Crippen LogP contribution < -0.4 is 0 Å². The summed E-state index contributed by atoms with van der Waals surface area (Å²) in [6.45, 7) is 1.64. The minimum atomic E-state index is -4.79. The first-order valence-corrected chi connectivity index (χ1v) is 6.25. The van der Waals surface area contributed by atoms with Gasteiger partial charge >= 0.3 is 6.18 Å². The lowest BCUT2D eigenvalue weighted by Crippen LogP contribution is -2.10. The second kappa shape index (κ2) is 5.48. The van der Waals surface area contributed by atoms with Crippen LogP contribution >= 0.6 is 11.6 Å². The summed E-state index contributed by atoms with van der Waals surface area (Å²) in [5.74, 6) is -2.03. The number of hydrogen-bond donors (Lipinski definition) is 0. The molecule has 0 atom stereocenters. The summed E-state index contributed by atoms with van der Waals surface area (Å²) in [7, 11) is 0. The zero-order chi connectivity index (χ0) is 15.8. The molecule has 0 aliphatic heterocycles. The number of ketones is 1. The van der Waals surface area contributed by atoms with Crippen molar-refractivity contribution >= 4 is 17.4 Å². The Balaban J connectivity index is 2.43. The van der Waals surface area contributed by atoms with Crippen LogP contribution in [0.15, 0.2) is 36.4 Å².